The lowest BCUT2D eigenvalue weighted by molar-refractivity contribution is 0.291. The van der Waals surface area contributed by atoms with E-state index in [4.69, 9.17) is 24.2 Å². The van der Waals surface area contributed by atoms with Crippen molar-refractivity contribution in [2.24, 2.45) is 5.92 Å². The molecule has 2 aromatic carbocycles. The van der Waals surface area contributed by atoms with Crippen LogP contribution < -0.4 is 24.4 Å². The highest BCUT2D eigenvalue weighted by Crippen LogP contribution is 2.37. The zero-order valence-corrected chi connectivity index (χ0v) is 19.6. The topological polar surface area (TPSA) is 84.5 Å². The number of piperazine rings is 1. The number of methoxy groups -OCH3 is 2. The minimum absolute atomic E-state index is 0.647. The first kappa shape index (κ1) is 21.0. The summed E-state index contributed by atoms with van der Waals surface area (Å²) < 4.78 is 17.1. The summed E-state index contributed by atoms with van der Waals surface area (Å²) in [5.74, 6) is 3.46. The van der Waals surface area contributed by atoms with Gasteiger partial charge in [0.2, 0.25) is 11.8 Å². The molecule has 176 valence electrons. The monoisotopic (exact) mass is 459 g/mol. The zero-order valence-electron chi connectivity index (χ0n) is 19.6. The summed E-state index contributed by atoms with van der Waals surface area (Å²) in [7, 11) is 3.30. The van der Waals surface area contributed by atoms with E-state index in [0.29, 0.717) is 29.9 Å². The Bertz CT molecular complexity index is 1340. The van der Waals surface area contributed by atoms with Crippen molar-refractivity contribution in [3.63, 3.8) is 0 Å². The van der Waals surface area contributed by atoms with Crippen molar-refractivity contribution in [1.29, 1.82) is 0 Å². The van der Waals surface area contributed by atoms with Gasteiger partial charge in [-0.15, -0.1) is 0 Å². The SMILES string of the molecule is COc1ccc(-c2ccc3c(c2)[nH]c2c(OCC4CC4)nc(N4CCNCC4)nc23)cc1OC. The summed E-state index contributed by atoms with van der Waals surface area (Å²) >= 11 is 0. The minimum Gasteiger partial charge on any atom is -0.493 e. The molecular weight excluding hydrogens is 430 g/mol. The molecule has 8 heteroatoms. The molecule has 2 aromatic heterocycles. The van der Waals surface area contributed by atoms with E-state index in [1.54, 1.807) is 14.2 Å². The van der Waals surface area contributed by atoms with Crippen LogP contribution in [0.4, 0.5) is 5.95 Å². The van der Waals surface area contributed by atoms with Crippen molar-refractivity contribution in [3.05, 3.63) is 36.4 Å². The Labute approximate surface area is 198 Å². The van der Waals surface area contributed by atoms with Crippen LogP contribution in [-0.2, 0) is 0 Å². The normalized spacial score (nSPS) is 16.2. The van der Waals surface area contributed by atoms with Crippen molar-refractivity contribution in [1.82, 2.24) is 20.3 Å². The molecule has 1 saturated heterocycles. The van der Waals surface area contributed by atoms with Gasteiger partial charge in [-0.1, -0.05) is 18.2 Å². The average molecular weight is 460 g/mol. The van der Waals surface area contributed by atoms with Gasteiger partial charge in [0.1, 0.15) is 11.0 Å². The summed E-state index contributed by atoms with van der Waals surface area (Å²) in [6, 6.07) is 12.4. The number of benzene rings is 2. The Balaban J connectivity index is 1.44. The van der Waals surface area contributed by atoms with E-state index in [1.807, 2.05) is 18.2 Å². The maximum atomic E-state index is 6.22. The van der Waals surface area contributed by atoms with E-state index in [-0.39, 0.29) is 0 Å². The molecular formula is C26H29N5O3. The second-order valence-corrected chi connectivity index (χ2v) is 9.00. The molecule has 3 heterocycles. The third kappa shape index (κ3) is 3.88. The minimum atomic E-state index is 0.647. The Kier molecular flexibility index (Phi) is 5.37. The highest BCUT2D eigenvalue weighted by molar-refractivity contribution is 6.07. The lowest BCUT2D eigenvalue weighted by Gasteiger charge is -2.27. The third-order valence-corrected chi connectivity index (χ3v) is 6.67. The fraction of sp³-hybridized carbons (Fsp3) is 0.385. The highest BCUT2D eigenvalue weighted by atomic mass is 16.5. The molecule has 2 fully saturated rings. The van der Waals surface area contributed by atoms with E-state index in [1.165, 1.54) is 12.8 Å². The fourth-order valence-electron chi connectivity index (χ4n) is 4.51. The molecule has 1 saturated carbocycles. The molecule has 0 spiro atoms. The summed E-state index contributed by atoms with van der Waals surface area (Å²) in [5, 5.41) is 4.46. The summed E-state index contributed by atoms with van der Waals surface area (Å²) in [6.45, 7) is 4.35. The first-order valence-electron chi connectivity index (χ1n) is 11.9. The van der Waals surface area contributed by atoms with Gasteiger partial charge in [0.25, 0.3) is 0 Å². The van der Waals surface area contributed by atoms with Gasteiger partial charge in [-0.05, 0) is 48.1 Å². The second-order valence-electron chi connectivity index (χ2n) is 9.00. The summed E-state index contributed by atoms with van der Waals surface area (Å²) in [4.78, 5) is 15.6. The van der Waals surface area contributed by atoms with Crippen molar-refractivity contribution in [2.45, 2.75) is 12.8 Å². The van der Waals surface area contributed by atoms with Crippen LogP contribution in [-0.4, -0.2) is 62.0 Å². The van der Waals surface area contributed by atoms with Gasteiger partial charge < -0.3 is 29.4 Å². The van der Waals surface area contributed by atoms with E-state index < -0.39 is 0 Å². The van der Waals surface area contributed by atoms with Crippen LogP contribution in [0.15, 0.2) is 36.4 Å². The molecule has 1 aliphatic carbocycles. The van der Waals surface area contributed by atoms with Gasteiger partial charge in [0.05, 0.1) is 20.8 Å². The average Bonchev–Trinajstić information content (AvgIpc) is 3.65. The molecule has 2 N–H and O–H groups in total. The number of hydrogen-bond donors (Lipinski definition) is 2. The molecule has 0 radical (unpaired) electrons. The standard InChI is InChI=1S/C26H29N5O3/c1-32-21-8-6-18(14-22(21)33-2)17-5-7-19-20(13-17)28-24-23(19)29-26(31-11-9-27-10-12-31)30-25(24)34-15-16-3-4-16/h5-8,13-14,16,27-28H,3-4,9-12,15H2,1-2H3. The van der Waals surface area contributed by atoms with Gasteiger partial charge in [-0.25, -0.2) is 4.98 Å². The van der Waals surface area contributed by atoms with Gasteiger partial charge in [0.15, 0.2) is 11.5 Å². The Morgan fingerprint density at radius 3 is 2.47 bits per heavy atom. The number of hydrogen-bond acceptors (Lipinski definition) is 7. The Morgan fingerprint density at radius 1 is 0.941 bits per heavy atom. The molecule has 0 bridgehead atoms. The van der Waals surface area contributed by atoms with E-state index >= 15 is 0 Å². The van der Waals surface area contributed by atoms with Gasteiger partial charge >= 0.3 is 0 Å². The number of nitrogens with one attached hydrogen (secondary N) is 2. The first-order valence-corrected chi connectivity index (χ1v) is 11.9. The number of anilines is 1. The van der Waals surface area contributed by atoms with Crippen molar-refractivity contribution in [2.75, 3.05) is 51.9 Å². The molecule has 0 unspecified atom stereocenters. The largest absolute Gasteiger partial charge is 0.493 e. The Morgan fingerprint density at radius 2 is 1.71 bits per heavy atom. The quantitative estimate of drug-likeness (QED) is 0.432. The third-order valence-electron chi connectivity index (χ3n) is 6.67. The maximum absolute atomic E-state index is 6.22. The Hall–Kier alpha value is -3.52. The smallest absolute Gasteiger partial charge is 0.243 e. The van der Waals surface area contributed by atoms with Crippen molar-refractivity contribution >= 4 is 27.9 Å². The van der Waals surface area contributed by atoms with Crippen molar-refractivity contribution in [3.8, 4) is 28.5 Å². The first-order chi connectivity index (χ1) is 16.7. The second kappa shape index (κ2) is 8.68. The number of fused-ring (bicyclic) bond motifs is 3. The van der Waals surface area contributed by atoms with Crippen LogP contribution in [0.3, 0.4) is 0 Å². The zero-order chi connectivity index (χ0) is 23.1. The van der Waals surface area contributed by atoms with Gasteiger partial charge in [-0.2, -0.15) is 4.98 Å². The van der Waals surface area contributed by atoms with Gasteiger partial charge in [0, 0.05) is 37.1 Å². The number of rotatable bonds is 7. The van der Waals surface area contributed by atoms with E-state index in [2.05, 4.69) is 33.4 Å². The number of nitrogens with zero attached hydrogens (tertiary/aromatic N) is 3. The fourth-order valence-corrected chi connectivity index (χ4v) is 4.51. The number of H-pyrrole nitrogens is 1. The highest BCUT2D eigenvalue weighted by Gasteiger charge is 2.25. The van der Waals surface area contributed by atoms with Crippen LogP contribution in [0.1, 0.15) is 12.8 Å². The summed E-state index contributed by atoms with van der Waals surface area (Å²) in [6.07, 6.45) is 2.47. The summed E-state index contributed by atoms with van der Waals surface area (Å²) in [5.41, 5.74) is 4.90. The van der Waals surface area contributed by atoms with E-state index in [9.17, 15) is 0 Å². The predicted molar refractivity (Wildman–Crippen MR) is 133 cm³/mol. The molecule has 34 heavy (non-hydrogen) atoms. The lowest BCUT2D eigenvalue weighted by Crippen LogP contribution is -2.44. The number of aromatic nitrogens is 3. The maximum Gasteiger partial charge on any atom is 0.243 e. The number of ether oxygens (including phenoxy) is 3. The molecule has 1 aliphatic heterocycles. The van der Waals surface area contributed by atoms with Crippen LogP contribution in [0, 0.1) is 5.92 Å². The van der Waals surface area contributed by atoms with Crippen LogP contribution in [0.5, 0.6) is 17.4 Å². The predicted octanol–water partition coefficient (Wildman–Crippen LogP) is 3.99. The molecule has 0 atom stereocenters. The van der Waals surface area contributed by atoms with Gasteiger partial charge in [-0.3, -0.25) is 0 Å². The molecule has 0 amide bonds. The molecule has 4 aromatic rings. The van der Waals surface area contributed by atoms with Crippen molar-refractivity contribution < 1.29 is 14.2 Å². The molecule has 2 aliphatic rings. The number of aromatic amines is 1. The van der Waals surface area contributed by atoms with Crippen LogP contribution in [0.2, 0.25) is 0 Å². The molecule has 6 rings (SSSR count). The molecule has 8 nitrogen and oxygen atoms in total. The lowest BCUT2D eigenvalue weighted by atomic mass is 10.0. The van der Waals surface area contributed by atoms with E-state index in [0.717, 1.165) is 65.2 Å². The van der Waals surface area contributed by atoms with Crippen LogP contribution in [0.25, 0.3) is 33.1 Å². The van der Waals surface area contributed by atoms with Crippen LogP contribution >= 0.6 is 0 Å².